The fourth-order valence-corrected chi connectivity index (χ4v) is 3.77. The fraction of sp³-hybridized carbons (Fsp3) is 0.391. The van der Waals surface area contributed by atoms with Gasteiger partial charge in [0.2, 0.25) is 11.8 Å². The Bertz CT molecular complexity index is 957. The summed E-state index contributed by atoms with van der Waals surface area (Å²) in [5.41, 5.74) is 1.07. The molecule has 168 valence electrons. The van der Waals surface area contributed by atoms with E-state index < -0.39 is 11.6 Å². The third kappa shape index (κ3) is 7.57. The van der Waals surface area contributed by atoms with Crippen molar-refractivity contribution in [3.8, 4) is 0 Å². The summed E-state index contributed by atoms with van der Waals surface area (Å²) in [5.74, 6) is -0.419. The van der Waals surface area contributed by atoms with E-state index in [4.69, 9.17) is 46.4 Å². The fourth-order valence-electron chi connectivity index (χ4n) is 3.13. The van der Waals surface area contributed by atoms with Gasteiger partial charge in [0.1, 0.15) is 6.04 Å². The number of halogens is 4. The monoisotopic (exact) mass is 502 g/mol. The molecule has 2 amide bonds. The van der Waals surface area contributed by atoms with E-state index >= 15 is 0 Å². The maximum atomic E-state index is 13.3. The first-order chi connectivity index (χ1) is 14.4. The van der Waals surface area contributed by atoms with Gasteiger partial charge in [-0.25, -0.2) is 0 Å². The molecule has 1 N–H and O–H groups in total. The zero-order chi connectivity index (χ0) is 23.3. The molecule has 2 aromatic carbocycles. The van der Waals surface area contributed by atoms with Gasteiger partial charge in [-0.3, -0.25) is 9.59 Å². The second-order valence-corrected chi connectivity index (χ2v) is 9.99. The van der Waals surface area contributed by atoms with Crippen molar-refractivity contribution in [3.63, 3.8) is 0 Å². The summed E-state index contributed by atoms with van der Waals surface area (Å²) in [6.45, 7) is 7.80. The molecule has 0 saturated carbocycles. The minimum absolute atomic E-state index is 0.0809. The molecular formula is C23H26Cl4N2O2. The van der Waals surface area contributed by atoms with Crippen molar-refractivity contribution in [2.24, 2.45) is 0 Å². The first-order valence-corrected chi connectivity index (χ1v) is 11.4. The van der Waals surface area contributed by atoms with E-state index in [-0.39, 0.29) is 24.8 Å². The van der Waals surface area contributed by atoms with Crippen molar-refractivity contribution in [2.75, 3.05) is 0 Å². The van der Waals surface area contributed by atoms with Crippen LogP contribution in [0.2, 0.25) is 20.1 Å². The molecule has 0 bridgehead atoms. The van der Waals surface area contributed by atoms with Crippen LogP contribution in [-0.2, 0) is 22.6 Å². The smallest absolute Gasteiger partial charge is 0.243 e. The summed E-state index contributed by atoms with van der Waals surface area (Å²) in [4.78, 5) is 27.9. The molecule has 8 heteroatoms. The third-order valence-electron chi connectivity index (χ3n) is 4.56. The highest BCUT2D eigenvalue weighted by Crippen LogP contribution is 2.26. The van der Waals surface area contributed by atoms with Crippen LogP contribution in [-0.4, -0.2) is 28.3 Å². The number of amides is 2. The van der Waals surface area contributed by atoms with Crippen LogP contribution < -0.4 is 5.32 Å². The molecule has 0 aliphatic rings. The molecule has 4 nitrogen and oxygen atoms in total. The maximum Gasteiger partial charge on any atom is 0.243 e. The SMILES string of the molecule is CCC(C(=O)NC(C)(C)C)N(Cc1ccc(Cl)c(Cl)c1)C(=O)Cc1ccc(Cl)c(Cl)c1. The van der Waals surface area contributed by atoms with Crippen LogP contribution in [0.3, 0.4) is 0 Å². The number of rotatable bonds is 7. The van der Waals surface area contributed by atoms with Crippen LogP contribution in [0.5, 0.6) is 0 Å². The first kappa shape index (κ1) is 25.8. The van der Waals surface area contributed by atoms with Gasteiger partial charge in [-0.15, -0.1) is 0 Å². The largest absolute Gasteiger partial charge is 0.350 e. The van der Waals surface area contributed by atoms with E-state index in [0.29, 0.717) is 32.1 Å². The van der Waals surface area contributed by atoms with Crippen LogP contribution >= 0.6 is 46.4 Å². The second kappa shape index (κ2) is 10.9. The zero-order valence-corrected chi connectivity index (χ0v) is 21.0. The lowest BCUT2D eigenvalue weighted by Gasteiger charge is -2.33. The highest BCUT2D eigenvalue weighted by Gasteiger charge is 2.30. The number of hydrogen-bond donors (Lipinski definition) is 1. The van der Waals surface area contributed by atoms with Gasteiger partial charge >= 0.3 is 0 Å². The normalized spacial score (nSPS) is 12.4. The minimum atomic E-state index is -0.649. The predicted octanol–water partition coefficient (Wildman–Crippen LogP) is 6.56. The molecule has 1 atom stereocenters. The molecule has 0 heterocycles. The molecule has 1 unspecified atom stereocenters. The Morgan fingerprint density at radius 3 is 1.90 bits per heavy atom. The van der Waals surface area contributed by atoms with Gasteiger partial charge in [0.05, 0.1) is 26.5 Å². The van der Waals surface area contributed by atoms with E-state index in [0.717, 1.165) is 5.56 Å². The summed E-state index contributed by atoms with van der Waals surface area (Å²) >= 11 is 24.3. The van der Waals surface area contributed by atoms with E-state index in [1.165, 1.54) is 0 Å². The summed E-state index contributed by atoms with van der Waals surface area (Å²) in [6, 6.07) is 9.59. The average Bonchev–Trinajstić information content (AvgIpc) is 2.66. The highest BCUT2D eigenvalue weighted by atomic mass is 35.5. The molecule has 2 rings (SSSR count). The van der Waals surface area contributed by atoms with Crippen molar-refractivity contribution < 1.29 is 9.59 Å². The van der Waals surface area contributed by atoms with Gasteiger partial charge in [-0.2, -0.15) is 0 Å². The van der Waals surface area contributed by atoms with Crippen molar-refractivity contribution in [3.05, 3.63) is 67.6 Å². The van der Waals surface area contributed by atoms with Crippen molar-refractivity contribution in [1.82, 2.24) is 10.2 Å². The van der Waals surface area contributed by atoms with Gasteiger partial charge in [-0.1, -0.05) is 65.5 Å². The number of benzene rings is 2. The topological polar surface area (TPSA) is 49.4 Å². The Kier molecular flexibility index (Phi) is 9.08. The standard InChI is InChI=1S/C23H26Cl4N2O2/c1-5-20(22(31)28-23(2,3)4)29(13-15-7-9-17(25)19(27)11-15)21(30)12-14-6-8-16(24)18(26)10-14/h6-11,20H,5,12-13H2,1-4H3,(H,28,31). The molecule has 0 saturated heterocycles. The Morgan fingerprint density at radius 2 is 1.42 bits per heavy atom. The van der Waals surface area contributed by atoms with Gasteiger partial charge < -0.3 is 10.2 Å². The van der Waals surface area contributed by atoms with Gasteiger partial charge in [0.25, 0.3) is 0 Å². The van der Waals surface area contributed by atoms with Gasteiger partial charge in [0, 0.05) is 12.1 Å². The summed E-state index contributed by atoms with van der Waals surface area (Å²) in [6.07, 6.45) is 0.536. The summed E-state index contributed by atoms with van der Waals surface area (Å²) in [7, 11) is 0. The van der Waals surface area contributed by atoms with Crippen LogP contribution in [0, 0.1) is 0 Å². The predicted molar refractivity (Wildman–Crippen MR) is 129 cm³/mol. The van der Waals surface area contributed by atoms with Crippen molar-refractivity contribution in [1.29, 1.82) is 0 Å². The van der Waals surface area contributed by atoms with Crippen molar-refractivity contribution >= 4 is 58.2 Å². The molecule has 0 aromatic heterocycles. The molecule has 0 radical (unpaired) electrons. The summed E-state index contributed by atoms with van der Waals surface area (Å²) < 4.78 is 0. The summed E-state index contributed by atoms with van der Waals surface area (Å²) in [5, 5.41) is 4.59. The second-order valence-electron chi connectivity index (χ2n) is 8.36. The van der Waals surface area contributed by atoms with Crippen LogP contribution in [0.15, 0.2) is 36.4 Å². The molecular weight excluding hydrogens is 478 g/mol. The van der Waals surface area contributed by atoms with Gasteiger partial charge in [0.15, 0.2) is 0 Å². The molecule has 0 aliphatic heterocycles. The zero-order valence-electron chi connectivity index (χ0n) is 17.9. The number of hydrogen-bond acceptors (Lipinski definition) is 2. The Labute approximate surface area is 203 Å². The first-order valence-electron chi connectivity index (χ1n) is 9.90. The molecule has 0 spiro atoms. The number of carbonyl (C=O) groups excluding carboxylic acids is 2. The van der Waals surface area contributed by atoms with Crippen LogP contribution in [0.1, 0.15) is 45.2 Å². The van der Waals surface area contributed by atoms with E-state index in [2.05, 4.69) is 5.32 Å². The number of nitrogens with zero attached hydrogens (tertiary/aromatic N) is 1. The molecule has 2 aromatic rings. The number of nitrogens with one attached hydrogen (secondary N) is 1. The van der Waals surface area contributed by atoms with E-state index in [1.54, 1.807) is 41.3 Å². The lowest BCUT2D eigenvalue weighted by Crippen LogP contribution is -2.53. The van der Waals surface area contributed by atoms with E-state index in [9.17, 15) is 9.59 Å². The quantitative estimate of drug-likeness (QED) is 0.464. The van der Waals surface area contributed by atoms with Crippen LogP contribution in [0.25, 0.3) is 0 Å². The van der Waals surface area contributed by atoms with E-state index in [1.807, 2.05) is 27.7 Å². The minimum Gasteiger partial charge on any atom is -0.350 e. The Morgan fingerprint density at radius 1 is 0.903 bits per heavy atom. The van der Waals surface area contributed by atoms with Gasteiger partial charge in [-0.05, 0) is 62.6 Å². The Balaban J connectivity index is 2.36. The van der Waals surface area contributed by atoms with Crippen LogP contribution in [0.4, 0.5) is 0 Å². The third-order valence-corrected chi connectivity index (χ3v) is 6.04. The maximum absolute atomic E-state index is 13.3. The lowest BCUT2D eigenvalue weighted by atomic mass is 10.0. The molecule has 31 heavy (non-hydrogen) atoms. The average molecular weight is 504 g/mol. The Hall–Kier alpha value is -1.46. The highest BCUT2D eigenvalue weighted by molar-refractivity contribution is 6.42. The number of carbonyl (C=O) groups is 2. The molecule has 0 fully saturated rings. The lowest BCUT2D eigenvalue weighted by molar-refractivity contribution is -0.141. The van der Waals surface area contributed by atoms with Crippen molar-refractivity contribution in [2.45, 2.75) is 58.7 Å². The molecule has 0 aliphatic carbocycles.